The van der Waals surface area contributed by atoms with Crippen molar-refractivity contribution in [2.24, 2.45) is 0 Å². The minimum Gasteiger partial charge on any atom is -0.490 e. The largest absolute Gasteiger partial charge is 0.490 e. The number of imide groups is 1. The Kier molecular flexibility index (Phi) is 8.44. The van der Waals surface area contributed by atoms with Gasteiger partial charge in [-0.15, -0.1) is 0 Å². The highest BCUT2D eigenvalue weighted by molar-refractivity contribution is 9.10. The molecule has 0 radical (unpaired) electrons. The van der Waals surface area contributed by atoms with Crippen molar-refractivity contribution in [1.82, 2.24) is 4.90 Å². The van der Waals surface area contributed by atoms with Crippen LogP contribution >= 0.6 is 50.9 Å². The lowest BCUT2D eigenvalue weighted by atomic mass is 10.1. The maximum Gasteiger partial charge on any atom is 0.293 e. The van der Waals surface area contributed by atoms with Gasteiger partial charge in [-0.3, -0.25) is 14.5 Å². The Morgan fingerprint density at radius 3 is 2.49 bits per heavy atom. The molecule has 35 heavy (non-hydrogen) atoms. The summed E-state index contributed by atoms with van der Waals surface area (Å²) in [4.78, 5) is 27.1. The third-order valence-corrected chi connectivity index (χ3v) is 6.96. The van der Waals surface area contributed by atoms with Crippen LogP contribution < -0.4 is 9.47 Å². The third kappa shape index (κ3) is 6.41. The molecule has 0 aromatic heterocycles. The average molecular weight is 593 g/mol. The summed E-state index contributed by atoms with van der Waals surface area (Å²) in [5.74, 6) is 0.508. The highest BCUT2D eigenvalue weighted by atomic mass is 79.9. The Hall–Kier alpha value is -2.45. The number of carbonyl (C=O) groups is 2. The molecule has 3 aromatic rings. The van der Waals surface area contributed by atoms with E-state index in [1.807, 2.05) is 43.3 Å². The van der Waals surface area contributed by atoms with Crippen LogP contribution in [-0.4, -0.2) is 22.7 Å². The van der Waals surface area contributed by atoms with Gasteiger partial charge in [-0.2, -0.15) is 0 Å². The maximum absolute atomic E-state index is 13.0. The lowest BCUT2D eigenvalue weighted by Crippen LogP contribution is -2.27. The number of nitrogens with zero attached hydrogens (tertiary/aromatic N) is 1. The Labute approximate surface area is 226 Å². The number of ether oxygens (including phenoxy) is 2. The molecule has 1 aliphatic heterocycles. The van der Waals surface area contributed by atoms with Crippen LogP contribution in [0.5, 0.6) is 11.5 Å². The molecular formula is C26H20BrCl2NO4S. The summed E-state index contributed by atoms with van der Waals surface area (Å²) in [6, 6.07) is 18.2. The molecule has 1 fully saturated rings. The molecule has 0 spiro atoms. The lowest BCUT2D eigenvalue weighted by Gasteiger charge is -2.15. The number of thioether (sulfide) groups is 1. The van der Waals surface area contributed by atoms with Gasteiger partial charge in [-0.1, -0.05) is 63.4 Å². The molecule has 5 nitrogen and oxygen atoms in total. The molecule has 0 unspecified atom stereocenters. The maximum atomic E-state index is 13.0. The molecule has 0 atom stereocenters. The summed E-state index contributed by atoms with van der Waals surface area (Å²) in [5, 5.41) is 0.664. The number of carbonyl (C=O) groups excluding carboxylic acids is 2. The molecule has 0 aliphatic carbocycles. The van der Waals surface area contributed by atoms with Crippen molar-refractivity contribution >= 4 is 68.1 Å². The molecule has 4 rings (SSSR count). The van der Waals surface area contributed by atoms with Gasteiger partial charge >= 0.3 is 0 Å². The van der Waals surface area contributed by atoms with E-state index in [9.17, 15) is 9.59 Å². The first kappa shape index (κ1) is 25.6. The smallest absolute Gasteiger partial charge is 0.293 e. The van der Waals surface area contributed by atoms with E-state index in [2.05, 4.69) is 15.9 Å². The Morgan fingerprint density at radius 1 is 1.00 bits per heavy atom. The topological polar surface area (TPSA) is 55.8 Å². The molecular weight excluding hydrogens is 573 g/mol. The lowest BCUT2D eigenvalue weighted by molar-refractivity contribution is -0.123. The summed E-state index contributed by atoms with van der Waals surface area (Å²) < 4.78 is 12.6. The van der Waals surface area contributed by atoms with Crippen molar-refractivity contribution in [3.63, 3.8) is 0 Å². The zero-order chi connectivity index (χ0) is 24.9. The van der Waals surface area contributed by atoms with Gasteiger partial charge in [0, 0.05) is 9.50 Å². The summed E-state index contributed by atoms with van der Waals surface area (Å²) in [6.45, 7) is 2.74. The number of rotatable bonds is 8. The van der Waals surface area contributed by atoms with E-state index in [0.29, 0.717) is 38.6 Å². The fourth-order valence-corrected chi connectivity index (χ4v) is 5.10. The van der Waals surface area contributed by atoms with E-state index in [4.69, 9.17) is 32.7 Å². The van der Waals surface area contributed by atoms with Gasteiger partial charge in [0.1, 0.15) is 6.61 Å². The predicted molar refractivity (Wildman–Crippen MR) is 144 cm³/mol. The normalized spacial score (nSPS) is 14.6. The first-order valence-electron chi connectivity index (χ1n) is 10.7. The van der Waals surface area contributed by atoms with Gasteiger partial charge in [0.15, 0.2) is 11.5 Å². The van der Waals surface area contributed by atoms with Crippen molar-refractivity contribution in [2.75, 3.05) is 6.61 Å². The summed E-state index contributed by atoms with van der Waals surface area (Å²) in [6.07, 6.45) is 1.64. The van der Waals surface area contributed by atoms with Crippen molar-refractivity contribution in [3.05, 3.63) is 96.8 Å². The van der Waals surface area contributed by atoms with Crippen molar-refractivity contribution < 1.29 is 19.1 Å². The molecule has 180 valence electrons. The van der Waals surface area contributed by atoms with Crippen LogP contribution in [0.1, 0.15) is 23.6 Å². The molecule has 1 aliphatic rings. The number of hydrogen-bond donors (Lipinski definition) is 0. The monoisotopic (exact) mass is 591 g/mol. The minimum absolute atomic E-state index is 0.198. The average Bonchev–Trinajstić information content (AvgIpc) is 3.07. The predicted octanol–water partition coefficient (Wildman–Crippen LogP) is 7.97. The Bertz CT molecular complexity index is 1300. The quantitative estimate of drug-likeness (QED) is 0.248. The van der Waals surface area contributed by atoms with Gasteiger partial charge in [0.2, 0.25) is 0 Å². The van der Waals surface area contributed by atoms with Crippen molar-refractivity contribution in [2.45, 2.75) is 20.1 Å². The van der Waals surface area contributed by atoms with Gasteiger partial charge < -0.3 is 9.47 Å². The molecule has 0 bridgehead atoms. The third-order valence-electron chi connectivity index (χ3n) is 5.03. The molecule has 0 saturated carbocycles. The molecule has 1 heterocycles. The van der Waals surface area contributed by atoms with Gasteiger partial charge in [0.05, 0.1) is 23.1 Å². The highest BCUT2D eigenvalue weighted by Gasteiger charge is 2.35. The number of hydrogen-bond acceptors (Lipinski definition) is 5. The fraction of sp³-hybridized carbons (Fsp3) is 0.154. The van der Waals surface area contributed by atoms with Crippen LogP contribution in [0.2, 0.25) is 10.0 Å². The van der Waals surface area contributed by atoms with Gasteiger partial charge in [-0.25, -0.2) is 0 Å². The van der Waals surface area contributed by atoms with Gasteiger partial charge in [0.25, 0.3) is 11.1 Å². The van der Waals surface area contributed by atoms with E-state index in [1.165, 1.54) is 4.90 Å². The van der Waals surface area contributed by atoms with E-state index >= 15 is 0 Å². The van der Waals surface area contributed by atoms with E-state index < -0.39 is 0 Å². The second-order valence-electron chi connectivity index (χ2n) is 7.58. The summed E-state index contributed by atoms with van der Waals surface area (Å²) in [5.41, 5.74) is 2.41. The van der Waals surface area contributed by atoms with Gasteiger partial charge in [-0.05, 0) is 77.9 Å². The number of amides is 2. The van der Waals surface area contributed by atoms with Crippen molar-refractivity contribution in [1.29, 1.82) is 0 Å². The minimum atomic E-state index is -0.350. The zero-order valence-electron chi connectivity index (χ0n) is 18.6. The molecule has 0 N–H and O–H groups in total. The van der Waals surface area contributed by atoms with E-state index in [-0.39, 0.29) is 24.3 Å². The standard InChI is InChI=1S/C26H20BrCl2NO4S/c1-2-33-22-12-18(11-21(29)24(22)34-15-16-6-8-20(28)9-7-16)13-23-25(31)30(26(32)35-23)14-17-4-3-5-19(27)10-17/h3-13H,2,14-15H2,1H3/b23-13+. The molecule has 1 saturated heterocycles. The Morgan fingerprint density at radius 2 is 1.77 bits per heavy atom. The fourth-order valence-electron chi connectivity index (χ4n) is 3.42. The summed E-state index contributed by atoms with van der Waals surface area (Å²) in [7, 11) is 0. The van der Waals surface area contributed by atoms with Crippen LogP contribution in [0.15, 0.2) is 70.0 Å². The first-order valence-corrected chi connectivity index (χ1v) is 13.0. The molecule has 9 heteroatoms. The highest BCUT2D eigenvalue weighted by Crippen LogP contribution is 2.40. The van der Waals surface area contributed by atoms with Crippen LogP contribution in [0.25, 0.3) is 6.08 Å². The second-order valence-corrected chi connectivity index (χ2v) is 10.3. The Balaban J connectivity index is 1.55. The van der Waals surface area contributed by atoms with E-state index in [1.54, 1.807) is 30.3 Å². The van der Waals surface area contributed by atoms with Crippen molar-refractivity contribution in [3.8, 4) is 11.5 Å². The van der Waals surface area contributed by atoms with Crippen LogP contribution in [0.4, 0.5) is 4.79 Å². The second kappa shape index (κ2) is 11.5. The SMILES string of the molecule is CCOc1cc(/C=C2/SC(=O)N(Cc3cccc(Br)c3)C2=O)cc(Cl)c1OCc1ccc(Cl)cc1. The van der Waals surface area contributed by atoms with Crippen LogP contribution in [-0.2, 0) is 17.9 Å². The van der Waals surface area contributed by atoms with Crippen LogP contribution in [0, 0.1) is 0 Å². The van der Waals surface area contributed by atoms with Crippen LogP contribution in [0.3, 0.4) is 0 Å². The number of benzene rings is 3. The van der Waals surface area contributed by atoms with E-state index in [0.717, 1.165) is 27.4 Å². The molecule has 2 amide bonds. The first-order chi connectivity index (χ1) is 16.8. The molecule has 3 aromatic carbocycles. The number of halogens is 3. The summed E-state index contributed by atoms with van der Waals surface area (Å²) >= 11 is 16.8. The zero-order valence-corrected chi connectivity index (χ0v) is 22.5.